The number of nitrogens with two attached hydrogens (primary N) is 1. The van der Waals surface area contributed by atoms with Crippen molar-refractivity contribution in [1.82, 2.24) is 4.31 Å². The second kappa shape index (κ2) is 5.13. The molecule has 2 N–H and O–H groups in total. The highest BCUT2D eigenvalue weighted by Gasteiger charge is 2.33. The van der Waals surface area contributed by atoms with Crippen LogP contribution in [0.15, 0.2) is 23.1 Å². The minimum absolute atomic E-state index is 0.148. The van der Waals surface area contributed by atoms with E-state index in [9.17, 15) is 12.8 Å². The summed E-state index contributed by atoms with van der Waals surface area (Å²) in [5.74, 6) is -0.672. The molecule has 0 spiro atoms. The molecule has 0 unspecified atom stereocenters. The van der Waals surface area contributed by atoms with Gasteiger partial charge in [-0.3, -0.25) is 0 Å². The first-order valence-electron chi connectivity index (χ1n) is 5.60. The maximum Gasteiger partial charge on any atom is 0.245 e. The number of hydrogen-bond donors (Lipinski definition) is 1. The van der Waals surface area contributed by atoms with E-state index in [0.717, 1.165) is 6.07 Å². The molecule has 1 aliphatic rings. The van der Waals surface area contributed by atoms with E-state index in [2.05, 4.69) is 0 Å². The zero-order valence-corrected chi connectivity index (χ0v) is 11.2. The Kier molecular flexibility index (Phi) is 3.91. The van der Waals surface area contributed by atoms with Crippen LogP contribution in [0, 0.1) is 11.7 Å². The Morgan fingerprint density at radius 3 is 2.78 bits per heavy atom. The normalized spacial score (nSPS) is 21.4. The summed E-state index contributed by atoms with van der Waals surface area (Å²) in [7, 11) is -3.79. The highest BCUT2D eigenvalue weighted by molar-refractivity contribution is 7.89. The number of benzene rings is 1. The lowest BCUT2D eigenvalue weighted by Crippen LogP contribution is -2.30. The molecule has 0 amide bonds. The van der Waals surface area contributed by atoms with Crippen molar-refractivity contribution in [3.63, 3.8) is 0 Å². The lowest BCUT2D eigenvalue weighted by molar-refractivity contribution is 0.453. The van der Waals surface area contributed by atoms with Crippen LogP contribution in [-0.4, -0.2) is 32.4 Å². The van der Waals surface area contributed by atoms with Crippen LogP contribution in [-0.2, 0) is 10.0 Å². The molecule has 0 radical (unpaired) electrons. The van der Waals surface area contributed by atoms with Crippen molar-refractivity contribution in [2.75, 3.05) is 19.6 Å². The second-order valence-electron chi connectivity index (χ2n) is 4.33. The quantitative estimate of drug-likeness (QED) is 0.917. The van der Waals surface area contributed by atoms with E-state index in [1.807, 2.05) is 0 Å². The molecule has 0 saturated carbocycles. The third-order valence-corrected chi connectivity index (χ3v) is 5.23. The first-order chi connectivity index (χ1) is 8.45. The predicted octanol–water partition coefficient (Wildman–Crippen LogP) is 1.45. The summed E-state index contributed by atoms with van der Waals surface area (Å²) < 4.78 is 39.4. The maximum atomic E-state index is 13.7. The van der Waals surface area contributed by atoms with Gasteiger partial charge in [0.05, 0.1) is 0 Å². The van der Waals surface area contributed by atoms with Crippen molar-refractivity contribution >= 4 is 21.6 Å². The van der Waals surface area contributed by atoms with Crippen molar-refractivity contribution in [1.29, 1.82) is 0 Å². The van der Waals surface area contributed by atoms with Crippen molar-refractivity contribution in [2.45, 2.75) is 11.3 Å². The molecule has 2 rings (SSSR count). The lowest BCUT2D eigenvalue weighted by Gasteiger charge is -2.16. The SMILES string of the molecule is NC[C@@H]1CCN(S(=O)(=O)c2ccc(Cl)cc2F)C1. The minimum atomic E-state index is -3.79. The molecule has 0 bridgehead atoms. The van der Waals surface area contributed by atoms with E-state index in [1.165, 1.54) is 16.4 Å². The highest BCUT2D eigenvalue weighted by Crippen LogP contribution is 2.26. The topological polar surface area (TPSA) is 63.4 Å². The van der Waals surface area contributed by atoms with Crippen LogP contribution in [0.5, 0.6) is 0 Å². The van der Waals surface area contributed by atoms with Crippen LogP contribution in [0.1, 0.15) is 6.42 Å². The Morgan fingerprint density at radius 1 is 1.50 bits per heavy atom. The molecule has 1 heterocycles. The number of nitrogens with zero attached hydrogens (tertiary/aromatic N) is 1. The van der Waals surface area contributed by atoms with Gasteiger partial charge in [0.1, 0.15) is 10.7 Å². The first-order valence-corrected chi connectivity index (χ1v) is 7.42. The molecule has 1 atom stereocenters. The lowest BCUT2D eigenvalue weighted by atomic mass is 10.1. The largest absolute Gasteiger partial charge is 0.330 e. The van der Waals surface area contributed by atoms with Crippen molar-refractivity contribution < 1.29 is 12.8 Å². The zero-order valence-electron chi connectivity index (χ0n) is 9.64. The average Bonchev–Trinajstić information content (AvgIpc) is 2.77. The molecule has 0 aromatic heterocycles. The monoisotopic (exact) mass is 292 g/mol. The van der Waals surface area contributed by atoms with Crippen molar-refractivity contribution in [2.24, 2.45) is 11.7 Å². The summed E-state index contributed by atoms with van der Waals surface area (Å²) in [5, 5.41) is 0.174. The van der Waals surface area contributed by atoms with Crippen LogP contribution in [0.3, 0.4) is 0 Å². The summed E-state index contributed by atoms with van der Waals surface area (Å²) in [5.41, 5.74) is 5.51. The molecule has 100 valence electrons. The van der Waals surface area contributed by atoms with Gasteiger partial charge in [0.2, 0.25) is 10.0 Å². The van der Waals surface area contributed by atoms with Gasteiger partial charge in [-0.1, -0.05) is 11.6 Å². The van der Waals surface area contributed by atoms with Gasteiger partial charge in [-0.25, -0.2) is 12.8 Å². The van der Waals surface area contributed by atoms with Gasteiger partial charge < -0.3 is 5.73 Å². The summed E-state index contributed by atoms with van der Waals surface area (Å²) >= 11 is 5.61. The minimum Gasteiger partial charge on any atom is -0.330 e. The van der Waals surface area contributed by atoms with Crippen LogP contribution < -0.4 is 5.73 Å². The molecule has 4 nitrogen and oxygen atoms in total. The van der Waals surface area contributed by atoms with Crippen LogP contribution in [0.2, 0.25) is 5.02 Å². The highest BCUT2D eigenvalue weighted by atomic mass is 35.5. The van der Waals surface area contributed by atoms with E-state index in [1.54, 1.807) is 0 Å². The number of hydrogen-bond acceptors (Lipinski definition) is 3. The van der Waals surface area contributed by atoms with E-state index in [4.69, 9.17) is 17.3 Å². The van der Waals surface area contributed by atoms with Crippen molar-refractivity contribution in [3.05, 3.63) is 29.0 Å². The number of rotatable bonds is 3. The molecule has 1 aliphatic heterocycles. The maximum absolute atomic E-state index is 13.7. The van der Waals surface area contributed by atoms with Crippen LogP contribution in [0.4, 0.5) is 4.39 Å². The van der Waals surface area contributed by atoms with Gasteiger partial charge in [0.25, 0.3) is 0 Å². The van der Waals surface area contributed by atoms with E-state index >= 15 is 0 Å². The van der Waals surface area contributed by atoms with Gasteiger partial charge in [-0.2, -0.15) is 4.31 Å². The Labute approximate surface area is 111 Å². The molecule has 1 aromatic carbocycles. The van der Waals surface area contributed by atoms with E-state index < -0.39 is 15.8 Å². The Morgan fingerprint density at radius 2 is 2.22 bits per heavy atom. The Bertz CT molecular complexity index is 550. The standard InChI is InChI=1S/C11H14ClFN2O2S/c12-9-1-2-11(10(13)5-9)18(16,17)15-4-3-8(6-14)7-15/h1-2,5,8H,3-4,6-7,14H2/t8-/m0/s1. The molecule has 7 heteroatoms. The van der Waals surface area contributed by atoms with Crippen LogP contribution in [0.25, 0.3) is 0 Å². The third-order valence-electron chi connectivity index (χ3n) is 3.09. The summed E-state index contributed by atoms with van der Waals surface area (Å²) in [4.78, 5) is -0.329. The molecule has 1 aromatic rings. The predicted molar refractivity (Wildman–Crippen MR) is 67.3 cm³/mol. The Balaban J connectivity index is 2.31. The van der Waals surface area contributed by atoms with Crippen LogP contribution >= 0.6 is 11.6 Å². The van der Waals surface area contributed by atoms with E-state index in [-0.39, 0.29) is 15.8 Å². The molecule has 1 saturated heterocycles. The van der Waals surface area contributed by atoms with Gasteiger partial charge in [-0.15, -0.1) is 0 Å². The molecular weight excluding hydrogens is 279 g/mol. The molecule has 1 fully saturated rings. The number of halogens is 2. The fourth-order valence-corrected chi connectivity index (χ4v) is 3.77. The average molecular weight is 293 g/mol. The van der Waals surface area contributed by atoms with Gasteiger partial charge in [-0.05, 0) is 37.1 Å². The Hall–Kier alpha value is -0.690. The van der Waals surface area contributed by atoms with Gasteiger partial charge in [0, 0.05) is 18.1 Å². The van der Waals surface area contributed by atoms with Gasteiger partial charge >= 0.3 is 0 Å². The summed E-state index contributed by atoms with van der Waals surface area (Å²) in [6.45, 7) is 1.17. The second-order valence-corrected chi connectivity index (χ2v) is 6.67. The zero-order chi connectivity index (χ0) is 13.3. The molecule has 18 heavy (non-hydrogen) atoms. The molecular formula is C11H14ClFN2O2S. The fraction of sp³-hybridized carbons (Fsp3) is 0.455. The summed E-state index contributed by atoms with van der Waals surface area (Å²) in [6, 6.07) is 3.57. The third kappa shape index (κ3) is 2.51. The number of sulfonamides is 1. The first kappa shape index (κ1) is 13.7. The van der Waals surface area contributed by atoms with Crippen molar-refractivity contribution in [3.8, 4) is 0 Å². The summed E-state index contributed by atoms with van der Waals surface area (Å²) in [6.07, 6.45) is 0.713. The van der Waals surface area contributed by atoms with E-state index in [0.29, 0.717) is 26.1 Å². The molecule has 0 aliphatic carbocycles. The fourth-order valence-electron chi connectivity index (χ4n) is 2.03. The smallest absolute Gasteiger partial charge is 0.245 e. The van der Waals surface area contributed by atoms with Gasteiger partial charge in [0.15, 0.2) is 0 Å².